The molecule has 34 heavy (non-hydrogen) atoms. The summed E-state index contributed by atoms with van der Waals surface area (Å²) in [6.07, 6.45) is 2.47. The lowest BCUT2D eigenvalue weighted by molar-refractivity contribution is -0.161. The molecule has 1 saturated heterocycles. The first-order valence-corrected chi connectivity index (χ1v) is 12.2. The number of benzene rings is 2. The Morgan fingerprint density at radius 3 is 2.59 bits per heavy atom. The first-order valence-electron chi connectivity index (χ1n) is 11.4. The van der Waals surface area contributed by atoms with E-state index in [0.717, 1.165) is 24.0 Å². The Hall–Kier alpha value is -2.68. The maximum atomic E-state index is 13.2. The van der Waals surface area contributed by atoms with Gasteiger partial charge in [0.25, 0.3) is 0 Å². The number of methoxy groups -OCH3 is 1. The predicted molar refractivity (Wildman–Crippen MR) is 132 cm³/mol. The zero-order valence-electron chi connectivity index (χ0n) is 19.3. The van der Waals surface area contributed by atoms with Crippen molar-refractivity contribution < 1.29 is 19.1 Å². The highest BCUT2D eigenvalue weighted by atomic mass is 35.5. The summed E-state index contributed by atoms with van der Waals surface area (Å²) < 4.78 is 11.2. The van der Waals surface area contributed by atoms with Gasteiger partial charge in [0, 0.05) is 39.7 Å². The van der Waals surface area contributed by atoms with E-state index in [-0.39, 0.29) is 24.5 Å². The Labute approximate surface area is 210 Å². The number of rotatable bonds is 3. The second kappa shape index (κ2) is 10.3. The standard InChI is InChI=1S/C27H27Cl2NO4/c1-18-6-3-7-19(16-18)11-14-27(34-25(31)17-20-22(28)8-4-9-23(20)29)13-5-10-24-21(27)12-15-30(24)26(32)33-2/h3-4,6-9,16,21,24H,5,10,12-13,15,17H2,1-2H3/t21-,24-,27-/m1/s1. The van der Waals surface area contributed by atoms with Crippen molar-refractivity contribution in [3.05, 3.63) is 69.2 Å². The molecule has 1 aliphatic heterocycles. The fourth-order valence-electron chi connectivity index (χ4n) is 5.15. The Morgan fingerprint density at radius 2 is 1.88 bits per heavy atom. The lowest BCUT2D eigenvalue weighted by atomic mass is 9.72. The molecule has 1 amide bonds. The van der Waals surface area contributed by atoms with Crippen LogP contribution in [0, 0.1) is 24.7 Å². The number of hydrogen-bond acceptors (Lipinski definition) is 4. The number of esters is 1. The number of aryl methyl sites for hydroxylation is 1. The number of nitrogens with zero attached hydrogens (tertiary/aromatic N) is 1. The van der Waals surface area contributed by atoms with Crippen LogP contribution in [0.4, 0.5) is 4.79 Å². The van der Waals surface area contributed by atoms with Crippen LogP contribution in [0.25, 0.3) is 0 Å². The maximum Gasteiger partial charge on any atom is 0.409 e. The first-order chi connectivity index (χ1) is 16.3. The van der Waals surface area contributed by atoms with Gasteiger partial charge in [0.15, 0.2) is 5.60 Å². The Bertz CT molecular complexity index is 1130. The van der Waals surface area contributed by atoms with E-state index in [2.05, 4.69) is 11.8 Å². The van der Waals surface area contributed by atoms with Crippen LogP contribution in [0.1, 0.15) is 42.4 Å². The van der Waals surface area contributed by atoms with Crippen molar-refractivity contribution >= 4 is 35.3 Å². The minimum Gasteiger partial charge on any atom is -0.453 e. The van der Waals surface area contributed by atoms with E-state index in [4.69, 9.17) is 32.7 Å². The van der Waals surface area contributed by atoms with Crippen LogP contribution in [-0.4, -0.2) is 42.3 Å². The quantitative estimate of drug-likeness (QED) is 0.394. The molecule has 2 aromatic rings. The van der Waals surface area contributed by atoms with Crippen LogP contribution < -0.4 is 0 Å². The van der Waals surface area contributed by atoms with E-state index in [1.807, 2.05) is 31.2 Å². The van der Waals surface area contributed by atoms with Gasteiger partial charge in [-0.25, -0.2) is 4.79 Å². The van der Waals surface area contributed by atoms with Gasteiger partial charge in [0.1, 0.15) is 0 Å². The van der Waals surface area contributed by atoms with Crippen LogP contribution in [-0.2, 0) is 20.7 Å². The summed E-state index contributed by atoms with van der Waals surface area (Å²) in [7, 11) is 1.39. The van der Waals surface area contributed by atoms with Crippen molar-refractivity contribution in [2.45, 2.75) is 50.7 Å². The lowest BCUT2D eigenvalue weighted by Crippen LogP contribution is -2.52. The first kappa shape index (κ1) is 24.4. The largest absolute Gasteiger partial charge is 0.453 e. The summed E-state index contributed by atoms with van der Waals surface area (Å²) in [5.41, 5.74) is 1.48. The second-order valence-electron chi connectivity index (χ2n) is 8.88. The molecule has 2 aromatic carbocycles. The molecule has 1 aliphatic carbocycles. The van der Waals surface area contributed by atoms with Crippen LogP contribution in [0.3, 0.4) is 0 Å². The Balaban J connectivity index is 1.67. The monoisotopic (exact) mass is 499 g/mol. The molecule has 0 bridgehead atoms. The molecule has 0 aromatic heterocycles. The number of likely N-dealkylation sites (tertiary alicyclic amines) is 1. The van der Waals surface area contributed by atoms with Crippen molar-refractivity contribution in [3.63, 3.8) is 0 Å². The molecule has 4 rings (SSSR count). The predicted octanol–water partition coefficient (Wildman–Crippen LogP) is 5.82. The van der Waals surface area contributed by atoms with Gasteiger partial charge >= 0.3 is 12.1 Å². The highest BCUT2D eigenvalue weighted by Gasteiger charge is 2.53. The van der Waals surface area contributed by atoms with Crippen molar-refractivity contribution in [3.8, 4) is 11.8 Å². The van der Waals surface area contributed by atoms with Crippen molar-refractivity contribution in [1.82, 2.24) is 4.90 Å². The van der Waals surface area contributed by atoms with Crippen LogP contribution in [0.5, 0.6) is 0 Å². The molecule has 0 radical (unpaired) electrons. The molecular weight excluding hydrogens is 473 g/mol. The van der Waals surface area contributed by atoms with E-state index >= 15 is 0 Å². The van der Waals surface area contributed by atoms with E-state index in [9.17, 15) is 9.59 Å². The summed E-state index contributed by atoms with van der Waals surface area (Å²) in [6.45, 7) is 2.56. The van der Waals surface area contributed by atoms with Crippen LogP contribution >= 0.6 is 23.2 Å². The third-order valence-electron chi connectivity index (χ3n) is 6.72. The Morgan fingerprint density at radius 1 is 1.15 bits per heavy atom. The van der Waals surface area contributed by atoms with Gasteiger partial charge < -0.3 is 14.4 Å². The topological polar surface area (TPSA) is 55.8 Å². The number of carbonyl (C=O) groups excluding carboxylic acids is 2. The van der Waals surface area contributed by atoms with E-state index in [1.54, 1.807) is 23.1 Å². The minimum atomic E-state index is -1.01. The van der Waals surface area contributed by atoms with E-state index in [0.29, 0.717) is 35.0 Å². The molecule has 0 unspecified atom stereocenters. The molecule has 3 atom stereocenters. The normalized spacial score (nSPS) is 23.5. The molecule has 0 spiro atoms. The zero-order chi connectivity index (χ0) is 24.3. The third kappa shape index (κ3) is 5.04. The smallest absolute Gasteiger partial charge is 0.409 e. The van der Waals surface area contributed by atoms with Crippen LogP contribution in [0.15, 0.2) is 42.5 Å². The average molecular weight is 500 g/mol. The fourth-order valence-corrected chi connectivity index (χ4v) is 5.68. The fraction of sp³-hybridized carbons (Fsp3) is 0.407. The highest BCUT2D eigenvalue weighted by molar-refractivity contribution is 6.36. The summed E-state index contributed by atoms with van der Waals surface area (Å²) in [5, 5.41) is 0.840. The molecule has 178 valence electrons. The molecule has 1 heterocycles. The van der Waals surface area contributed by atoms with Gasteiger partial charge in [0.2, 0.25) is 0 Å². The molecule has 5 nitrogen and oxygen atoms in total. The number of fused-ring (bicyclic) bond motifs is 1. The van der Waals surface area contributed by atoms with Crippen molar-refractivity contribution in [2.75, 3.05) is 13.7 Å². The van der Waals surface area contributed by atoms with Gasteiger partial charge in [-0.3, -0.25) is 4.79 Å². The molecule has 7 heteroatoms. The summed E-state index contributed by atoms with van der Waals surface area (Å²) >= 11 is 12.6. The van der Waals surface area contributed by atoms with Crippen molar-refractivity contribution in [1.29, 1.82) is 0 Å². The van der Waals surface area contributed by atoms with Crippen molar-refractivity contribution in [2.24, 2.45) is 5.92 Å². The maximum absolute atomic E-state index is 13.2. The molecular formula is C27H27Cl2NO4. The average Bonchev–Trinajstić information content (AvgIpc) is 3.26. The highest BCUT2D eigenvalue weighted by Crippen LogP contribution is 2.45. The third-order valence-corrected chi connectivity index (χ3v) is 7.43. The van der Waals surface area contributed by atoms with Gasteiger partial charge in [-0.2, -0.15) is 0 Å². The number of hydrogen-bond donors (Lipinski definition) is 0. The SMILES string of the molecule is COC(=O)N1CC[C@@H]2[C@H]1CCC[C@]2(C#Cc1cccc(C)c1)OC(=O)Cc1c(Cl)cccc1Cl. The second-order valence-corrected chi connectivity index (χ2v) is 9.69. The van der Waals surface area contributed by atoms with Gasteiger partial charge in [-0.05, 0) is 68.4 Å². The number of ether oxygens (including phenoxy) is 2. The van der Waals surface area contributed by atoms with Gasteiger partial charge in [0.05, 0.1) is 13.5 Å². The van der Waals surface area contributed by atoms with E-state index < -0.39 is 11.6 Å². The Kier molecular flexibility index (Phi) is 7.40. The number of amides is 1. The molecule has 2 aliphatic rings. The molecule has 0 N–H and O–H groups in total. The molecule has 1 saturated carbocycles. The summed E-state index contributed by atoms with van der Waals surface area (Å²) in [5.74, 6) is 6.03. The lowest BCUT2D eigenvalue weighted by Gasteiger charge is -2.42. The zero-order valence-corrected chi connectivity index (χ0v) is 20.8. The van der Waals surface area contributed by atoms with Crippen LogP contribution in [0.2, 0.25) is 10.0 Å². The van der Waals surface area contributed by atoms with Gasteiger partial charge in [-0.1, -0.05) is 47.3 Å². The minimum absolute atomic E-state index is 0.0511. The van der Waals surface area contributed by atoms with Gasteiger partial charge in [-0.15, -0.1) is 0 Å². The number of halogens is 2. The summed E-state index contributed by atoms with van der Waals surface area (Å²) in [6, 6.07) is 12.9. The molecule has 2 fully saturated rings. The number of carbonyl (C=O) groups is 2. The summed E-state index contributed by atoms with van der Waals surface area (Å²) in [4.78, 5) is 27.3. The van der Waals surface area contributed by atoms with E-state index in [1.165, 1.54) is 7.11 Å².